The highest BCUT2D eigenvalue weighted by Gasteiger charge is 2.18. The van der Waals surface area contributed by atoms with Crippen molar-refractivity contribution in [3.05, 3.63) is 22.4 Å². The zero-order valence-corrected chi connectivity index (χ0v) is 12.1. The number of aromatic nitrogens is 3. The van der Waals surface area contributed by atoms with Crippen LogP contribution in [0, 0.1) is 6.92 Å². The van der Waals surface area contributed by atoms with Gasteiger partial charge in [-0.05, 0) is 18.5 Å². The Kier molecular flexibility index (Phi) is 3.76. The molecule has 0 aromatic carbocycles. The summed E-state index contributed by atoms with van der Waals surface area (Å²) in [5.41, 5.74) is 0.464. The van der Waals surface area contributed by atoms with E-state index in [2.05, 4.69) is 30.0 Å². The van der Waals surface area contributed by atoms with E-state index in [4.69, 9.17) is 0 Å². The van der Waals surface area contributed by atoms with E-state index in [1.54, 1.807) is 6.92 Å². The van der Waals surface area contributed by atoms with E-state index in [1.807, 2.05) is 0 Å². The Morgan fingerprint density at radius 1 is 1.67 bits per heavy atom. The molecule has 0 saturated heterocycles. The fraction of sp³-hybridized carbons (Fsp3) is 0.400. The largest absolute Gasteiger partial charge is 0.468 e. The van der Waals surface area contributed by atoms with Crippen molar-refractivity contribution in [2.24, 2.45) is 0 Å². The van der Waals surface area contributed by atoms with Gasteiger partial charge in [0.2, 0.25) is 0 Å². The van der Waals surface area contributed by atoms with Crippen molar-refractivity contribution in [3.63, 3.8) is 0 Å². The van der Waals surface area contributed by atoms with E-state index in [1.165, 1.54) is 29.5 Å². The standard InChI is InChI=1S/C10H10BrN3O3S/c1-5-7-8(18-13-5)12-4-14(9(7)15)3-6(11)10(16)17-2/h4,6H,3H2,1-2H3. The second kappa shape index (κ2) is 5.15. The molecule has 1 unspecified atom stereocenters. The Morgan fingerprint density at radius 2 is 2.39 bits per heavy atom. The van der Waals surface area contributed by atoms with Gasteiger partial charge in [-0.3, -0.25) is 14.2 Å². The zero-order valence-electron chi connectivity index (χ0n) is 9.71. The van der Waals surface area contributed by atoms with Gasteiger partial charge in [0, 0.05) is 0 Å². The van der Waals surface area contributed by atoms with E-state index in [9.17, 15) is 9.59 Å². The predicted molar refractivity (Wildman–Crippen MR) is 71.1 cm³/mol. The number of esters is 1. The molecule has 0 aliphatic carbocycles. The normalized spacial score (nSPS) is 12.6. The molecule has 18 heavy (non-hydrogen) atoms. The SMILES string of the molecule is COC(=O)C(Br)Cn1cnc2snc(C)c2c1=O. The van der Waals surface area contributed by atoms with Gasteiger partial charge in [0.25, 0.3) is 5.56 Å². The number of hydrogen-bond donors (Lipinski definition) is 0. The number of aryl methyl sites for hydroxylation is 1. The van der Waals surface area contributed by atoms with E-state index < -0.39 is 10.8 Å². The minimum atomic E-state index is -0.577. The summed E-state index contributed by atoms with van der Waals surface area (Å²) in [5.74, 6) is -0.429. The Bertz CT molecular complexity index is 651. The quantitative estimate of drug-likeness (QED) is 0.622. The number of carbonyl (C=O) groups excluding carboxylic acids is 1. The van der Waals surface area contributed by atoms with Crippen molar-refractivity contribution >= 4 is 43.6 Å². The van der Waals surface area contributed by atoms with Gasteiger partial charge in [0.1, 0.15) is 4.83 Å². The van der Waals surface area contributed by atoms with Crippen LogP contribution in [0.2, 0.25) is 0 Å². The summed E-state index contributed by atoms with van der Waals surface area (Å²) < 4.78 is 10.1. The molecule has 1 atom stereocenters. The lowest BCUT2D eigenvalue weighted by atomic mass is 10.3. The van der Waals surface area contributed by atoms with Gasteiger partial charge >= 0.3 is 5.97 Å². The Labute approximate surface area is 115 Å². The van der Waals surface area contributed by atoms with E-state index in [0.717, 1.165) is 0 Å². The molecule has 6 nitrogen and oxygen atoms in total. The number of hydrogen-bond acceptors (Lipinski definition) is 6. The minimum Gasteiger partial charge on any atom is -0.468 e. The average Bonchev–Trinajstić information content (AvgIpc) is 2.74. The molecule has 2 aromatic rings. The number of rotatable bonds is 3. The first-order valence-corrected chi connectivity index (χ1v) is 6.76. The smallest absolute Gasteiger partial charge is 0.321 e. The predicted octanol–water partition coefficient (Wildman–Crippen LogP) is 1.10. The molecule has 0 N–H and O–H groups in total. The maximum absolute atomic E-state index is 12.2. The zero-order chi connectivity index (χ0) is 13.3. The van der Waals surface area contributed by atoms with Crippen molar-refractivity contribution in [2.75, 3.05) is 7.11 Å². The molecule has 96 valence electrons. The molecule has 0 bridgehead atoms. The fourth-order valence-electron chi connectivity index (χ4n) is 1.52. The first-order valence-electron chi connectivity index (χ1n) is 5.08. The van der Waals surface area contributed by atoms with Crippen LogP contribution in [0.4, 0.5) is 0 Å². The molecular weight excluding hydrogens is 322 g/mol. The first kappa shape index (κ1) is 13.2. The lowest BCUT2D eigenvalue weighted by Crippen LogP contribution is -2.29. The van der Waals surface area contributed by atoms with Gasteiger partial charge in [0.15, 0.2) is 4.83 Å². The summed E-state index contributed by atoms with van der Waals surface area (Å²) in [4.78, 5) is 27.6. The lowest BCUT2D eigenvalue weighted by molar-refractivity contribution is -0.140. The van der Waals surface area contributed by atoms with Crippen LogP contribution >= 0.6 is 27.5 Å². The van der Waals surface area contributed by atoms with E-state index in [0.29, 0.717) is 15.9 Å². The van der Waals surface area contributed by atoms with Crippen molar-refractivity contribution in [2.45, 2.75) is 18.3 Å². The Balaban J connectivity index is 2.40. The summed E-state index contributed by atoms with van der Waals surface area (Å²) in [6.07, 6.45) is 1.42. The topological polar surface area (TPSA) is 74.1 Å². The highest BCUT2D eigenvalue weighted by molar-refractivity contribution is 9.10. The van der Waals surface area contributed by atoms with Crippen LogP contribution in [0.3, 0.4) is 0 Å². The lowest BCUT2D eigenvalue weighted by Gasteiger charge is -2.09. The molecule has 2 heterocycles. The average molecular weight is 332 g/mol. The molecular formula is C10H10BrN3O3S. The van der Waals surface area contributed by atoms with Crippen molar-refractivity contribution in [1.82, 2.24) is 13.9 Å². The molecule has 2 aromatic heterocycles. The second-order valence-electron chi connectivity index (χ2n) is 3.64. The van der Waals surface area contributed by atoms with E-state index in [-0.39, 0.29) is 12.1 Å². The molecule has 0 radical (unpaired) electrons. The van der Waals surface area contributed by atoms with Crippen molar-refractivity contribution in [3.8, 4) is 0 Å². The molecule has 0 fully saturated rings. The highest BCUT2D eigenvalue weighted by Crippen LogP contribution is 2.15. The fourth-order valence-corrected chi connectivity index (χ4v) is 2.75. The van der Waals surface area contributed by atoms with Crippen molar-refractivity contribution in [1.29, 1.82) is 0 Å². The third-order valence-electron chi connectivity index (χ3n) is 2.45. The van der Waals surface area contributed by atoms with Crippen LogP contribution in [-0.2, 0) is 16.1 Å². The summed E-state index contributed by atoms with van der Waals surface area (Å²) in [7, 11) is 1.30. The molecule has 0 amide bonds. The summed E-state index contributed by atoms with van der Waals surface area (Å²) >= 11 is 4.36. The summed E-state index contributed by atoms with van der Waals surface area (Å²) in [6.45, 7) is 1.93. The number of fused-ring (bicyclic) bond motifs is 1. The summed E-state index contributed by atoms with van der Waals surface area (Å²) in [6, 6.07) is 0. The van der Waals surface area contributed by atoms with Gasteiger partial charge in [-0.15, -0.1) is 0 Å². The second-order valence-corrected chi connectivity index (χ2v) is 5.50. The van der Waals surface area contributed by atoms with Crippen LogP contribution < -0.4 is 5.56 Å². The molecule has 0 aliphatic rings. The van der Waals surface area contributed by atoms with Gasteiger partial charge in [-0.25, -0.2) is 4.98 Å². The molecule has 0 aliphatic heterocycles. The highest BCUT2D eigenvalue weighted by atomic mass is 79.9. The van der Waals surface area contributed by atoms with Crippen LogP contribution in [0.25, 0.3) is 10.2 Å². The first-order chi connectivity index (χ1) is 8.54. The molecule has 2 rings (SSSR count). The van der Waals surface area contributed by atoms with Crippen molar-refractivity contribution < 1.29 is 9.53 Å². The monoisotopic (exact) mass is 331 g/mol. The van der Waals surface area contributed by atoms with Gasteiger partial charge < -0.3 is 4.74 Å². The number of halogens is 1. The maximum atomic E-state index is 12.2. The van der Waals surface area contributed by atoms with Crippen LogP contribution in [0.1, 0.15) is 5.69 Å². The maximum Gasteiger partial charge on any atom is 0.321 e. The van der Waals surface area contributed by atoms with Crippen LogP contribution in [-0.4, -0.2) is 31.8 Å². The molecule has 8 heteroatoms. The minimum absolute atomic E-state index is 0.170. The van der Waals surface area contributed by atoms with Crippen LogP contribution in [0.15, 0.2) is 11.1 Å². The number of carbonyl (C=O) groups is 1. The number of methoxy groups -OCH3 is 1. The van der Waals surface area contributed by atoms with Gasteiger partial charge in [0.05, 0.1) is 31.1 Å². The Morgan fingerprint density at radius 3 is 3.06 bits per heavy atom. The van der Waals surface area contributed by atoms with Crippen LogP contribution in [0.5, 0.6) is 0 Å². The third kappa shape index (κ3) is 2.30. The Hall–Kier alpha value is -1.28. The summed E-state index contributed by atoms with van der Waals surface area (Å²) in [5, 5.41) is 0.507. The van der Waals surface area contributed by atoms with Gasteiger partial charge in [-0.1, -0.05) is 15.9 Å². The number of alkyl halides is 1. The third-order valence-corrected chi connectivity index (χ3v) is 3.96. The van der Waals surface area contributed by atoms with E-state index >= 15 is 0 Å². The number of nitrogens with zero attached hydrogens (tertiary/aromatic N) is 3. The number of ether oxygens (including phenoxy) is 1. The molecule has 0 saturated carbocycles. The molecule has 0 spiro atoms. The van der Waals surface area contributed by atoms with Gasteiger partial charge in [-0.2, -0.15) is 4.37 Å².